The van der Waals surface area contributed by atoms with Crippen molar-refractivity contribution < 1.29 is 19.4 Å². The Morgan fingerprint density at radius 2 is 1.91 bits per heavy atom. The maximum Gasteiger partial charge on any atom is 0.275 e. The second kappa shape index (κ2) is 7.64. The van der Waals surface area contributed by atoms with Crippen LogP contribution in [-0.4, -0.2) is 31.4 Å². The van der Waals surface area contributed by atoms with Crippen LogP contribution in [0.2, 0.25) is 0 Å². The number of hydrogen-bond acceptors (Lipinski definition) is 5. The van der Waals surface area contributed by atoms with E-state index >= 15 is 0 Å². The minimum absolute atomic E-state index is 0.00251. The van der Waals surface area contributed by atoms with E-state index in [9.17, 15) is 9.90 Å². The van der Waals surface area contributed by atoms with E-state index in [1.165, 1.54) is 20.4 Å². The van der Waals surface area contributed by atoms with E-state index in [0.717, 1.165) is 0 Å². The molecule has 0 saturated heterocycles. The zero-order valence-electron chi connectivity index (χ0n) is 12.5. The maximum atomic E-state index is 12.1. The Hall–Kier alpha value is -2.54. The number of amides is 1. The second-order valence-corrected chi connectivity index (χ2v) is 5.31. The van der Waals surface area contributed by atoms with Crippen molar-refractivity contribution in [3.63, 3.8) is 0 Å². The molecule has 6 nitrogen and oxygen atoms in total. The fourth-order valence-corrected chi connectivity index (χ4v) is 2.34. The van der Waals surface area contributed by atoms with Gasteiger partial charge in [-0.05, 0) is 45.8 Å². The zero-order valence-corrected chi connectivity index (χ0v) is 14.1. The number of para-hydroxylation sites is 1. The van der Waals surface area contributed by atoms with Crippen LogP contribution < -0.4 is 14.9 Å². The van der Waals surface area contributed by atoms with Crippen molar-refractivity contribution in [3.05, 3.63) is 52.0 Å². The first-order valence-electron chi connectivity index (χ1n) is 6.59. The Morgan fingerprint density at radius 1 is 1.22 bits per heavy atom. The molecule has 0 aromatic heterocycles. The molecule has 0 fully saturated rings. The maximum absolute atomic E-state index is 12.1. The number of rotatable bonds is 5. The molecule has 0 heterocycles. The number of carbonyl (C=O) groups excluding carboxylic acids is 1. The minimum atomic E-state index is -0.386. The third-order valence-corrected chi connectivity index (χ3v) is 3.61. The Balaban J connectivity index is 2.13. The lowest BCUT2D eigenvalue weighted by Gasteiger charge is -2.07. The molecule has 7 heteroatoms. The van der Waals surface area contributed by atoms with Crippen molar-refractivity contribution in [2.24, 2.45) is 5.10 Å². The van der Waals surface area contributed by atoms with Gasteiger partial charge in [0.2, 0.25) is 0 Å². The summed E-state index contributed by atoms with van der Waals surface area (Å²) < 4.78 is 10.6. The summed E-state index contributed by atoms with van der Waals surface area (Å²) >= 11 is 3.22. The molecule has 2 aromatic rings. The lowest BCUT2D eigenvalue weighted by molar-refractivity contribution is 0.0952. The summed E-state index contributed by atoms with van der Waals surface area (Å²) in [6.45, 7) is 0. The zero-order chi connectivity index (χ0) is 16.8. The number of hydrazone groups is 1. The van der Waals surface area contributed by atoms with Crippen LogP contribution in [0.25, 0.3) is 0 Å². The van der Waals surface area contributed by atoms with E-state index in [-0.39, 0.29) is 11.7 Å². The number of methoxy groups -OCH3 is 2. The molecule has 2 N–H and O–H groups in total. The molecule has 0 atom stereocenters. The summed E-state index contributed by atoms with van der Waals surface area (Å²) in [6, 6.07) is 10.1. The Labute approximate surface area is 141 Å². The van der Waals surface area contributed by atoms with E-state index in [0.29, 0.717) is 27.1 Å². The fraction of sp³-hybridized carbons (Fsp3) is 0.125. The van der Waals surface area contributed by atoms with Gasteiger partial charge in [0, 0.05) is 0 Å². The third-order valence-electron chi connectivity index (χ3n) is 3.00. The fourth-order valence-electron chi connectivity index (χ4n) is 1.88. The molecule has 0 spiro atoms. The molecule has 0 unspecified atom stereocenters. The first-order valence-corrected chi connectivity index (χ1v) is 7.39. The molecule has 2 rings (SSSR count). The van der Waals surface area contributed by atoms with Crippen molar-refractivity contribution in [1.29, 1.82) is 0 Å². The van der Waals surface area contributed by atoms with Crippen molar-refractivity contribution in [2.75, 3.05) is 14.2 Å². The molecule has 120 valence electrons. The molecule has 0 aliphatic heterocycles. The number of nitrogens with one attached hydrogen (secondary N) is 1. The van der Waals surface area contributed by atoms with Crippen LogP contribution in [0.5, 0.6) is 17.2 Å². The summed E-state index contributed by atoms with van der Waals surface area (Å²) in [5.41, 5.74) is 3.46. The monoisotopic (exact) mass is 378 g/mol. The number of phenolic OH excluding ortho intramolecular Hbond substituents is 1. The Bertz CT molecular complexity index is 747. The van der Waals surface area contributed by atoms with Gasteiger partial charge in [-0.15, -0.1) is 0 Å². The topological polar surface area (TPSA) is 80.2 Å². The van der Waals surface area contributed by atoms with Crippen LogP contribution in [0, 0.1) is 0 Å². The summed E-state index contributed by atoms with van der Waals surface area (Å²) in [5.74, 6) is 0.386. The smallest absolute Gasteiger partial charge is 0.275 e. The van der Waals surface area contributed by atoms with Crippen LogP contribution in [0.4, 0.5) is 0 Å². The molecule has 0 bridgehead atoms. The molecular weight excluding hydrogens is 364 g/mol. The molecule has 0 aliphatic rings. The van der Waals surface area contributed by atoms with Gasteiger partial charge < -0.3 is 14.6 Å². The number of nitrogens with zero attached hydrogens (tertiary/aromatic N) is 1. The lowest BCUT2D eigenvalue weighted by Crippen LogP contribution is -2.18. The highest BCUT2D eigenvalue weighted by molar-refractivity contribution is 9.10. The third kappa shape index (κ3) is 4.01. The van der Waals surface area contributed by atoms with Gasteiger partial charge in [-0.1, -0.05) is 12.1 Å². The highest BCUT2D eigenvalue weighted by Gasteiger charge is 2.10. The van der Waals surface area contributed by atoms with Gasteiger partial charge in [-0.25, -0.2) is 5.43 Å². The van der Waals surface area contributed by atoms with Crippen molar-refractivity contribution in [2.45, 2.75) is 0 Å². The average molecular weight is 379 g/mol. The highest BCUT2D eigenvalue weighted by Crippen LogP contribution is 2.34. The van der Waals surface area contributed by atoms with Gasteiger partial charge in [0.25, 0.3) is 5.91 Å². The number of carbonyl (C=O) groups is 1. The highest BCUT2D eigenvalue weighted by atomic mass is 79.9. The predicted octanol–water partition coefficient (Wildman–Crippen LogP) is 2.94. The summed E-state index contributed by atoms with van der Waals surface area (Å²) in [4.78, 5) is 12.1. The Morgan fingerprint density at radius 3 is 2.61 bits per heavy atom. The molecular formula is C16H15BrN2O4. The van der Waals surface area contributed by atoms with Gasteiger partial charge >= 0.3 is 0 Å². The summed E-state index contributed by atoms with van der Waals surface area (Å²) in [5, 5.41) is 13.6. The van der Waals surface area contributed by atoms with Crippen LogP contribution in [0.15, 0.2) is 46.0 Å². The number of benzene rings is 2. The SMILES string of the molecule is COc1ccccc1C(=O)N/N=C\c1cc(Br)c(O)c(OC)c1. The molecule has 0 saturated carbocycles. The van der Waals surface area contributed by atoms with E-state index in [1.54, 1.807) is 36.4 Å². The number of hydrogen-bond donors (Lipinski definition) is 2. The van der Waals surface area contributed by atoms with Gasteiger partial charge in [-0.2, -0.15) is 5.10 Å². The van der Waals surface area contributed by atoms with Gasteiger partial charge in [0.15, 0.2) is 11.5 Å². The normalized spacial score (nSPS) is 10.6. The van der Waals surface area contributed by atoms with E-state index < -0.39 is 0 Å². The van der Waals surface area contributed by atoms with Crippen molar-refractivity contribution >= 4 is 28.1 Å². The quantitative estimate of drug-likeness (QED) is 0.619. The van der Waals surface area contributed by atoms with Crippen LogP contribution in [0.3, 0.4) is 0 Å². The largest absolute Gasteiger partial charge is 0.503 e. The van der Waals surface area contributed by atoms with Crippen LogP contribution in [0.1, 0.15) is 15.9 Å². The molecule has 1 amide bonds. The Kier molecular flexibility index (Phi) is 5.59. The summed E-state index contributed by atoms with van der Waals surface area (Å²) in [7, 11) is 2.95. The molecule has 0 radical (unpaired) electrons. The first-order chi connectivity index (χ1) is 11.1. The summed E-state index contributed by atoms with van der Waals surface area (Å²) in [6.07, 6.45) is 1.44. The first kappa shape index (κ1) is 16.8. The number of phenols is 1. The van der Waals surface area contributed by atoms with E-state index in [1.807, 2.05) is 0 Å². The van der Waals surface area contributed by atoms with Gasteiger partial charge in [0.05, 0.1) is 30.5 Å². The van der Waals surface area contributed by atoms with Crippen molar-refractivity contribution in [1.82, 2.24) is 5.43 Å². The van der Waals surface area contributed by atoms with Gasteiger partial charge in [0.1, 0.15) is 5.75 Å². The number of aromatic hydroxyl groups is 1. The second-order valence-electron chi connectivity index (χ2n) is 4.45. The van der Waals surface area contributed by atoms with Crippen LogP contribution in [-0.2, 0) is 0 Å². The molecule has 23 heavy (non-hydrogen) atoms. The van der Waals surface area contributed by atoms with E-state index in [4.69, 9.17) is 9.47 Å². The molecule has 0 aliphatic carbocycles. The van der Waals surface area contributed by atoms with Crippen molar-refractivity contribution in [3.8, 4) is 17.2 Å². The van der Waals surface area contributed by atoms with E-state index in [2.05, 4.69) is 26.5 Å². The standard InChI is InChI=1S/C16H15BrN2O4/c1-22-13-6-4-3-5-11(13)16(21)19-18-9-10-7-12(17)15(20)14(8-10)23-2/h3-9,20H,1-2H3,(H,19,21)/b18-9-. The predicted molar refractivity (Wildman–Crippen MR) is 90.4 cm³/mol. The van der Waals surface area contributed by atoms with Gasteiger partial charge in [-0.3, -0.25) is 4.79 Å². The number of ether oxygens (including phenoxy) is 2. The molecule has 2 aromatic carbocycles. The average Bonchev–Trinajstić information content (AvgIpc) is 2.57. The lowest BCUT2D eigenvalue weighted by atomic mass is 10.2. The minimum Gasteiger partial charge on any atom is -0.503 e. The van der Waals surface area contributed by atoms with Crippen LogP contribution >= 0.6 is 15.9 Å². The number of halogens is 1.